The average Bonchev–Trinajstić information content (AvgIpc) is 2.82. The van der Waals surface area contributed by atoms with Gasteiger partial charge in [-0.1, -0.05) is 6.07 Å². The van der Waals surface area contributed by atoms with Crippen molar-refractivity contribution in [3.05, 3.63) is 23.9 Å². The molecule has 1 atom stereocenters. The number of nitrogens with one attached hydrogen (secondary N) is 1. The Morgan fingerprint density at radius 3 is 3.17 bits per heavy atom. The van der Waals surface area contributed by atoms with Crippen LogP contribution in [0.25, 0.3) is 5.65 Å². The predicted molar refractivity (Wildman–Crippen MR) is 66.8 cm³/mol. The van der Waals surface area contributed by atoms with E-state index in [2.05, 4.69) is 15.4 Å². The summed E-state index contributed by atoms with van der Waals surface area (Å²) in [5, 5.41) is 7.58. The number of hydrogen-bond donors (Lipinski definition) is 1. The van der Waals surface area contributed by atoms with Gasteiger partial charge in [-0.2, -0.15) is 4.98 Å². The van der Waals surface area contributed by atoms with Gasteiger partial charge in [-0.25, -0.2) is 4.52 Å². The number of ether oxygens (including phenoxy) is 2. The fraction of sp³-hybridized carbons (Fsp3) is 0.500. The Balaban J connectivity index is 1.69. The molecule has 1 saturated heterocycles. The van der Waals surface area contributed by atoms with E-state index < -0.39 is 0 Å². The van der Waals surface area contributed by atoms with E-state index in [1.807, 2.05) is 29.6 Å². The van der Waals surface area contributed by atoms with Crippen LogP contribution in [0.15, 0.2) is 18.2 Å². The third kappa shape index (κ3) is 2.30. The number of pyridine rings is 1. The Kier molecular flexibility index (Phi) is 3.12. The number of aromatic nitrogens is 3. The first-order chi connectivity index (χ1) is 8.83. The van der Waals surface area contributed by atoms with Crippen molar-refractivity contribution in [1.29, 1.82) is 0 Å². The summed E-state index contributed by atoms with van der Waals surface area (Å²) in [4.78, 5) is 4.40. The molecule has 0 aliphatic carbocycles. The molecule has 18 heavy (non-hydrogen) atoms. The van der Waals surface area contributed by atoms with Gasteiger partial charge in [0.25, 0.3) is 0 Å². The van der Waals surface area contributed by atoms with E-state index in [0.717, 1.165) is 11.3 Å². The van der Waals surface area contributed by atoms with Crippen molar-refractivity contribution in [2.24, 2.45) is 0 Å². The lowest BCUT2D eigenvalue weighted by atomic mass is 10.3. The van der Waals surface area contributed by atoms with Gasteiger partial charge < -0.3 is 14.8 Å². The summed E-state index contributed by atoms with van der Waals surface area (Å²) in [6, 6.07) is 5.91. The molecule has 0 aromatic carbocycles. The second-order valence-electron chi connectivity index (χ2n) is 4.32. The van der Waals surface area contributed by atoms with Crippen molar-refractivity contribution in [1.82, 2.24) is 14.6 Å². The molecule has 1 aliphatic rings. The van der Waals surface area contributed by atoms with Crippen LogP contribution < -0.4 is 5.32 Å². The van der Waals surface area contributed by atoms with E-state index in [1.54, 1.807) is 0 Å². The number of aryl methyl sites for hydroxylation is 1. The molecule has 6 nitrogen and oxygen atoms in total. The van der Waals surface area contributed by atoms with E-state index in [4.69, 9.17) is 9.47 Å². The number of rotatable bonds is 3. The summed E-state index contributed by atoms with van der Waals surface area (Å²) in [7, 11) is 0. The first-order valence-electron chi connectivity index (χ1n) is 6.08. The molecule has 3 rings (SSSR count). The first kappa shape index (κ1) is 11.4. The molecular formula is C12H16N4O2. The number of anilines is 1. The van der Waals surface area contributed by atoms with E-state index >= 15 is 0 Å². The van der Waals surface area contributed by atoms with Gasteiger partial charge in [0.2, 0.25) is 5.95 Å². The fourth-order valence-corrected chi connectivity index (χ4v) is 1.97. The lowest BCUT2D eigenvalue weighted by Crippen LogP contribution is -2.34. The van der Waals surface area contributed by atoms with Crippen molar-refractivity contribution in [3.63, 3.8) is 0 Å². The highest BCUT2D eigenvalue weighted by Gasteiger charge is 2.14. The van der Waals surface area contributed by atoms with Crippen LogP contribution >= 0.6 is 0 Å². The molecule has 1 aliphatic heterocycles. The highest BCUT2D eigenvalue weighted by atomic mass is 16.6. The molecule has 1 N–H and O–H groups in total. The lowest BCUT2D eigenvalue weighted by Gasteiger charge is -2.22. The zero-order valence-electron chi connectivity index (χ0n) is 10.3. The summed E-state index contributed by atoms with van der Waals surface area (Å²) < 4.78 is 12.7. The van der Waals surface area contributed by atoms with Crippen LogP contribution in [0.3, 0.4) is 0 Å². The van der Waals surface area contributed by atoms with Crippen LogP contribution in [0.1, 0.15) is 5.69 Å². The van der Waals surface area contributed by atoms with Crippen molar-refractivity contribution in [2.45, 2.75) is 13.0 Å². The SMILES string of the molecule is Cc1cccc2nc(NCC3COCCO3)nn12. The lowest BCUT2D eigenvalue weighted by molar-refractivity contribution is -0.0819. The largest absolute Gasteiger partial charge is 0.376 e. The summed E-state index contributed by atoms with van der Waals surface area (Å²) in [5.74, 6) is 0.624. The molecule has 2 aromatic rings. The molecule has 0 saturated carbocycles. The molecule has 96 valence electrons. The molecule has 0 radical (unpaired) electrons. The highest BCUT2D eigenvalue weighted by molar-refractivity contribution is 5.44. The molecular weight excluding hydrogens is 232 g/mol. The number of hydrogen-bond acceptors (Lipinski definition) is 5. The smallest absolute Gasteiger partial charge is 0.243 e. The quantitative estimate of drug-likeness (QED) is 0.873. The molecule has 0 bridgehead atoms. The van der Waals surface area contributed by atoms with Gasteiger partial charge in [0.1, 0.15) is 0 Å². The fourth-order valence-electron chi connectivity index (χ4n) is 1.97. The van der Waals surface area contributed by atoms with Crippen LogP contribution in [0.4, 0.5) is 5.95 Å². The van der Waals surface area contributed by atoms with Gasteiger partial charge >= 0.3 is 0 Å². The second-order valence-corrected chi connectivity index (χ2v) is 4.32. The van der Waals surface area contributed by atoms with Crippen molar-refractivity contribution in [3.8, 4) is 0 Å². The third-order valence-electron chi connectivity index (χ3n) is 2.92. The van der Waals surface area contributed by atoms with Crippen LogP contribution in [0.5, 0.6) is 0 Å². The topological polar surface area (TPSA) is 60.7 Å². The van der Waals surface area contributed by atoms with Crippen LogP contribution in [-0.4, -0.2) is 47.1 Å². The van der Waals surface area contributed by atoms with Crippen LogP contribution in [0.2, 0.25) is 0 Å². The molecule has 1 fully saturated rings. The van der Waals surface area contributed by atoms with Gasteiger partial charge in [0.05, 0.1) is 25.9 Å². The van der Waals surface area contributed by atoms with Crippen molar-refractivity contribution < 1.29 is 9.47 Å². The van der Waals surface area contributed by atoms with E-state index in [-0.39, 0.29) is 6.10 Å². The summed E-state index contributed by atoms with van der Waals surface area (Å²) in [6.45, 7) is 4.63. The van der Waals surface area contributed by atoms with Crippen LogP contribution in [0, 0.1) is 6.92 Å². The van der Waals surface area contributed by atoms with Gasteiger partial charge in [0, 0.05) is 12.2 Å². The summed E-state index contributed by atoms with van der Waals surface area (Å²) in [6.07, 6.45) is 0.0754. The predicted octanol–water partition coefficient (Wildman–Crippen LogP) is 0.865. The second kappa shape index (κ2) is 4.91. The average molecular weight is 248 g/mol. The monoisotopic (exact) mass is 248 g/mol. The number of nitrogens with zero attached hydrogens (tertiary/aromatic N) is 3. The highest BCUT2D eigenvalue weighted by Crippen LogP contribution is 2.09. The van der Waals surface area contributed by atoms with Gasteiger partial charge in [-0.3, -0.25) is 0 Å². The minimum absolute atomic E-state index is 0.0754. The molecule has 1 unspecified atom stereocenters. The van der Waals surface area contributed by atoms with Gasteiger partial charge in [-0.05, 0) is 19.1 Å². The Morgan fingerprint density at radius 1 is 1.44 bits per heavy atom. The minimum Gasteiger partial charge on any atom is -0.376 e. The Labute approximate surface area is 105 Å². The standard InChI is InChI=1S/C12H16N4O2/c1-9-3-2-4-11-14-12(15-16(9)11)13-7-10-8-17-5-6-18-10/h2-4,10H,5-8H2,1H3,(H,13,15). The van der Waals surface area contributed by atoms with E-state index in [1.165, 1.54) is 0 Å². The molecule has 6 heteroatoms. The summed E-state index contributed by atoms with van der Waals surface area (Å²) >= 11 is 0. The number of fused-ring (bicyclic) bond motifs is 1. The van der Waals surface area contributed by atoms with Crippen LogP contribution in [-0.2, 0) is 9.47 Å². The van der Waals surface area contributed by atoms with Gasteiger partial charge in [0.15, 0.2) is 5.65 Å². The zero-order valence-corrected chi connectivity index (χ0v) is 10.3. The first-order valence-corrected chi connectivity index (χ1v) is 6.08. The van der Waals surface area contributed by atoms with Crippen molar-refractivity contribution >= 4 is 11.6 Å². The Hall–Kier alpha value is -1.66. The zero-order chi connectivity index (χ0) is 12.4. The van der Waals surface area contributed by atoms with E-state index in [0.29, 0.717) is 32.3 Å². The van der Waals surface area contributed by atoms with Gasteiger partial charge in [-0.15, -0.1) is 5.10 Å². The maximum atomic E-state index is 5.55. The molecule has 0 amide bonds. The minimum atomic E-state index is 0.0754. The molecule has 3 heterocycles. The normalized spacial score (nSPS) is 20.2. The summed E-state index contributed by atoms with van der Waals surface area (Å²) in [5.41, 5.74) is 1.91. The molecule has 2 aromatic heterocycles. The third-order valence-corrected chi connectivity index (χ3v) is 2.92. The Morgan fingerprint density at radius 2 is 2.39 bits per heavy atom. The van der Waals surface area contributed by atoms with E-state index in [9.17, 15) is 0 Å². The Bertz CT molecular complexity index is 534. The maximum Gasteiger partial charge on any atom is 0.243 e. The molecule has 0 spiro atoms. The maximum absolute atomic E-state index is 5.55. The van der Waals surface area contributed by atoms with Crippen molar-refractivity contribution in [2.75, 3.05) is 31.7 Å².